The minimum Gasteiger partial charge on any atom is -0.490 e. The summed E-state index contributed by atoms with van der Waals surface area (Å²) in [5, 5.41) is 9.31. The monoisotopic (exact) mass is 291 g/mol. The number of hydrogen-bond acceptors (Lipinski definition) is 3. The van der Waals surface area contributed by atoms with Crippen molar-refractivity contribution in [2.24, 2.45) is 0 Å². The largest absolute Gasteiger partial charge is 0.490 e. The van der Waals surface area contributed by atoms with Gasteiger partial charge in [0, 0.05) is 11.1 Å². The number of hydrogen-bond donors (Lipinski definition) is 0. The van der Waals surface area contributed by atoms with Crippen molar-refractivity contribution in [1.29, 1.82) is 5.26 Å². The third-order valence-electron chi connectivity index (χ3n) is 2.98. The lowest BCUT2D eigenvalue weighted by molar-refractivity contribution is 0.104. The number of nitriles is 1. The van der Waals surface area contributed by atoms with E-state index in [0.717, 1.165) is 5.56 Å². The average Bonchev–Trinajstić information content (AvgIpc) is 2.53. The Morgan fingerprint density at radius 3 is 2.36 bits per heavy atom. The Balaban J connectivity index is 2.38. The first kappa shape index (κ1) is 15.5. The third kappa shape index (κ3) is 3.83. The molecule has 0 saturated carbocycles. The van der Waals surface area contributed by atoms with Crippen LogP contribution in [-0.2, 0) is 0 Å². The molecule has 0 saturated heterocycles. The van der Waals surface area contributed by atoms with E-state index in [9.17, 15) is 10.1 Å². The van der Waals surface area contributed by atoms with Crippen LogP contribution in [0.2, 0.25) is 0 Å². The molecule has 3 heteroatoms. The molecule has 0 spiro atoms. The summed E-state index contributed by atoms with van der Waals surface area (Å²) in [6.07, 6.45) is 1.59. The van der Waals surface area contributed by atoms with E-state index in [0.29, 0.717) is 11.3 Å². The zero-order valence-corrected chi connectivity index (χ0v) is 12.6. The highest BCUT2D eigenvalue weighted by atomic mass is 16.5. The van der Waals surface area contributed by atoms with Gasteiger partial charge in [-0.2, -0.15) is 5.26 Å². The number of carbonyl (C=O) groups excluding carboxylic acids is 1. The number of nitrogens with zero attached hydrogens (tertiary/aromatic N) is 1. The van der Waals surface area contributed by atoms with Gasteiger partial charge in [0.15, 0.2) is 0 Å². The van der Waals surface area contributed by atoms with Crippen LogP contribution < -0.4 is 4.74 Å². The van der Waals surface area contributed by atoms with Crippen molar-refractivity contribution in [2.75, 3.05) is 0 Å². The maximum atomic E-state index is 12.4. The van der Waals surface area contributed by atoms with Gasteiger partial charge in [0.05, 0.1) is 6.10 Å². The zero-order valence-electron chi connectivity index (χ0n) is 12.6. The van der Waals surface area contributed by atoms with E-state index in [4.69, 9.17) is 4.74 Å². The molecule has 0 aliphatic heterocycles. The van der Waals surface area contributed by atoms with Gasteiger partial charge >= 0.3 is 0 Å². The Morgan fingerprint density at radius 1 is 1.09 bits per heavy atom. The average molecular weight is 291 g/mol. The van der Waals surface area contributed by atoms with Crippen LogP contribution in [0.5, 0.6) is 5.75 Å². The molecule has 2 aromatic carbocycles. The van der Waals surface area contributed by atoms with Gasteiger partial charge in [0.1, 0.15) is 17.4 Å². The molecule has 110 valence electrons. The van der Waals surface area contributed by atoms with Gasteiger partial charge < -0.3 is 4.74 Å². The summed E-state index contributed by atoms with van der Waals surface area (Å²) < 4.78 is 5.71. The Hall–Kier alpha value is -2.86. The SMILES string of the molecule is CC(C)Oc1ccccc1/C=C(/C#N)C(=O)c1ccccc1. The van der Waals surface area contributed by atoms with E-state index in [1.807, 2.05) is 50.2 Å². The van der Waals surface area contributed by atoms with Gasteiger partial charge in [-0.3, -0.25) is 4.79 Å². The van der Waals surface area contributed by atoms with E-state index in [1.165, 1.54) is 0 Å². The lowest BCUT2D eigenvalue weighted by atomic mass is 10.0. The number of benzene rings is 2. The standard InChI is InChI=1S/C19H17NO2/c1-14(2)22-18-11-7-6-10-16(18)12-17(13-20)19(21)15-8-4-3-5-9-15/h3-12,14H,1-2H3/b17-12-. The second kappa shape index (κ2) is 7.24. The molecule has 22 heavy (non-hydrogen) atoms. The van der Waals surface area contributed by atoms with Crippen molar-refractivity contribution >= 4 is 11.9 Å². The molecular weight excluding hydrogens is 274 g/mol. The molecule has 2 aromatic rings. The highest BCUT2D eigenvalue weighted by molar-refractivity contribution is 6.14. The number of rotatable bonds is 5. The Kier molecular flexibility index (Phi) is 5.11. The molecule has 3 nitrogen and oxygen atoms in total. The van der Waals surface area contributed by atoms with Crippen molar-refractivity contribution in [3.05, 3.63) is 71.3 Å². The summed E-state index contributed by atoms with van der Waals surface area (Å²) in [5.74, 6) is 0.369. The van der Waals surface area contributed by atoms with Crippen LogP contribution in [0.15, 0.2) is 60.2 Å². The van der Waals surface area contributed by atoms with E-state index in [1.54, 1.807) is 30.3 Å². The maximum Gasteiger partial charge on any atom is 0.203 e. The van der Waals surface area contributed by atoms with Crippen LogP contribution in [0.1, 0.15) is 29.8 Å². The smallest absolute Gasteiger partial charge is 0.203 e. The predicted molar refractivity (Wildman–Crippen MR) is 86.6 cm³/mol. The van der Waals surface area contributed by atoms with Gasteiger partial charge in [0.25, 0.3) is 0 Å². The fraction of sp³-hybridized carbons (Fsp3) is 0.158. The Labute approximate surface area is 130 Å². The molecule has 0 unspecified atom stereocenters. The molecular formula is C19H17NO2. The van der Waals surface area contributed by atoms with Gasteiger partial charge in [-0.25, -0.2) is 0 Å². The molecule has 0 atom stereocenters. The fourth-order valence-electron chi connectivity index (χ4n) is 2.01. The molecule has 2 rings (SSSR count). The van der Waals surface area contributed by atoms with Crippen LogP contribution >= 0.6 is 0 Å². The molecule has 0 aliphatic rings. The highest BCUT2D eigenvalue weighted by Gasteiger charge is 2.13. The Bertz CT molecular complexity index is 725. The number of ether oxygens (including phenoxy) is 1. The van der Waals surface area contributed by atoms with Gasteiger partial charge in [-0.15, -0.1) is 0 Å². The number of Topliss-reactive ketones (excluding diaryl/α,β-unsaturated/α-hetero) is 1. The second-order valence-corrected chi connectivity index (χ2v) is 5.07. The fourth-order valence-corrected chi connectivity index (χ4v) is 2.01. The Morgan fingerprint density at radius 2 is 1.73 bits per heavy atom. The predicted octanol–water partition coefficient (Wildman–Crippen LogP) is 4.26. The molecule has 0 bridgehead atoms. The minimum absolute atomic E-state index is 0.0184. The van der Waals surface area contributed by atoms with Crippen molar-refractivity contribution in [3.63, 3.8) is 0 Å². The molecule has 0 aromatic heterocycles. The summed E-state index contributed by atoms with van der Waals surface area (Å²) in [6.45, 7) is 3.86. The van der Waals surface area contributed by atoms with Gasteiger partial charge in [-0.05, 0) is 26.0 Å². The van der Waals surface area contributed by atoms with Gasteiger partial charge in [-0.1, -0.05) is 48.5 Å². The summed E-state index contributed by atoms with van der Waals surface area (Å²) in [6, 6.07) is 18.1. The van der Waals surface area contributed by atoms with E-state index < -0.39 is 0 Å². The normalized spacial score (nSPS) is 11.1. The van der Waals surface area contributed by atoms with Crippen molar-refractivity contribution in [3.8, 4) is 11.8 Å². The summed E-state index contributed by atoms with van der Waals surface area (Å²) in [4.78, 5) is 12.4. The molecule has 0 fully saturated rings. The van der Waals surface area contributed by atoms with Gasteiger partial charge in [0.2, 0.25) is 5.78 Å². The molecule has 0 amide bonds. The molecule has 0 aliphatic carbocycles. The first-order valence-corrected chi connectivity index (χ1v) is 7.09. The number of allylic oxidation sites excluding steroid dienone is 1. The van der Waals surface area contributed by atoms with Crippen LogP contribution in [0.3, 0.4) is 0 Å². The van der Waals surface area contributed by atoms with Crippen molar-refractivity contribution in [1.82, 2.24) is 0 Å². The topological polar surface area (TPSA) is 50.1 Å². The number of carbonyl (C=O) groups is 1. The van der Waals surface area contributed by atoms with Crippen LogP contribution in [-0.4, -0.2) is 11.9 Å². The van der Waals surface area contributed by atoms with Crippen molar-refractivity contribution < 1.29 is 9.53 Å². The highest BCUT2D eigenvalue weighted by Crippen LogP contribution is 2.23. The summed E-state index contributed by atoms with van der Waals surface area (Å²) >= 11 is 0. The lowest BCUT2D eigenvalue weighted by Crippen LogP contribution is -2.07. The van der Waals surface area contributed by atoms with Crippen LogP contribution in [0, 0.1) is 11.3 Å². The molecule has 0 heterocycles. The molecule has 0 N–H and O–H groups in total. The third-order valence-corrected chi connectivity index (χ3v) is 2.98. The quantitative estimate of drug-likeness (QED) is 0.470. The minimum atomic E-state index is -0.289. The first-order chi connectivity index (χ1) is 10.6. The van der Waals surface area contributed by atoms with E-state index in [-0.39, 0.29) is 17.5 Å². The van der Waals surface area contributed by atoms with Crippen molar-refractivity contribution in [2.45, 2.75) is 20.0 Å². The zero-order chi connectivity index (χ0) is 15.9. The van der Waals surface area contributed by atoms with Crippen LogP contribution in [0.4, 0.5) is 0 Å². The van der Waals surface area contributed by atoms with E-state index in [2.05, 4.69) is 0 Å². The second-order valence-electron chi connectivity index (χ2n) is 5.07. The summed E-state index contributed by atoms with van der Waals surface area (Å²) in [5.41, 5.74) is 1.31. The lowest BCUT2D eigenvalue weighted by Gasteiger charge is -2.12. The number of ketones is 1. The summed E-state index contributed by atoms with van der Waals surface area (Å²) in [7, 11) is 0. The number of para-hydroxylation sites is 1. The van der Waals surface area contributed by atoms with Crippen LogP contribution in [0.25, 0.3) is 6.08 Å². The maximum absolute atomic E-state index is 12.4. The molecule has 0 radical (unpaired) electrons. The van der Waals surface area contributed by atoms with E-state index >= 15 is 0 Å². The first-order valence-electron chi connectivity index (χ1n) is 7.09.